The molecule has 0 saturated carbocycles. The van der Waals surface area contributed by atoms with E-state index in [4.69, 9.17) is 11.6 Å². The SMILES string of the molecule is O=Cc1cnc(N2CCN(c3ccc(Cl)cc3)CC2)s1. The van der Waals surface area contributed by atoms with E-state index in [1.54, 1.807) is 6.20 Å². The summed E-state index contributed by atoms with van der Waals surface area (Å²) in [6.45, 7) is 3.71. The van der Waals surface area contributed by atoms with Crippen LogP contribution in [0.1, 0.15) is 9.67 Å². The highest BCUT2D eigenvalue weighted by molar-refractivity contribution is 7.17. The minimum absolute atomic E-state index is 0.681. The molecule has 20 heavy (non-hydrogen) atoms. The van der Waals surface area contributed by atoms with Gasteiger partial charge in [-0.05, 0) is 24.3 Å². The molecule has 1 fully saturated rings. The first-order chi connectivity index (χ1) is 9.76. The Morgan fingerprint density at radius 2 is 1.75 bits per heavy atom. The average molecular weight is 308 g/mol. The molecular formula is C14H14ClN3OS. The molecule has 2 heterocycles. The molecule has 0 amide bonds. The lowest BCUT2D eigenvalue weighted by Gasteiger charge is -2.36. The van der Waals surface area contributed by atoms with Crippen molar-refractivity contribution in [2.24, 2.45) is 0 Å². The average Bonchev–Trinajstić information content (AvgIpc) is 2.97. The number of thiazole rings is 1. The van der Waals surface area contributed by atoms with Crippen LogP contribution in [0.25, 0.3) is 0 Å². The molecule has 1 aromatic heterocycles. The van der Waals surface area contributed by atoms with Crippen molar-refractivity contribution < 1.29 is 4.79 Å². The van der Waals surface area contributed by atoms with Crippen molar-refractivity contribution in [3.8, 4) is 0 Å². The number of nitrogens with zero attached hydrogens (tertiary/aromatic N) is 3. The number of aromatic nitrogens is 1. The molecule has 1 saturated heterocycles. The van der Waals surface area contributed by atoms with E-state index in [2.05, 4.69) is 14.8 Å². The maximum atomic E-state index is 10.7. The number of hydrogen-bond donors (Lipinski definition) is 0. The second-order valence-corrected chi connectivity index (χ2v) is 6.09. The van der Waals surface area contributed by atoms with E-state index in [0.29, 0.717) is 4.88 Å². The van der Waals surface area contributed by atoms with Crippen molar-refractivity contribution in [1.82, 2.24) is 4.98 Å². The zero-order chi connectivity index (χ0) is 13.9. The van der Waals surface area contributed by atoms with Gasteiger partial charge in [0.25, 0.3) is 0 Å². The van der Waals surface area contributed by atoms with Crippen LogP contribution in [0.4, 0.5) is 10.8 Å². The molecule has 0 radical (unpaired) electrons. The summed E-state index contributed by atoms with van der Waals surface area (Å²) in [5, 5.41) is 1.69. The Balaban J connectivity index is 1.64. The summed E-state index contributed by atoms with van der Waals surface area (Å²) < 4.78 is 0. The highest BCUT2D eigenvalue weighted by Gasteiger charge is 2.19. The monoisotopic (exact) mass is 307 g/mol. The molecule has 0 N–H and O–H groups in total. The molecule has 0 unspecified atom stereocenters. The molecule has 4 nitrogen and oxygen atoms in total. The summed E-state index contributed by atoms with van der Waals surface area (Å²) in [4.78, 5) is 20.2. The van der Waals surface area contributed by atoms with Crippen LogP contribution in [0.2, 0.25) is 5.02 Å². The maximum absolute atomic E-state index is 10.7. The summed E-state index contributed by atoms with van der Waals surface area (Å²) in [5.74, 6) is 0. The Morgan fingerprint density at radius 1 is 1.10 bits per heavy atom. The number of halogens is 1. The minimum Gasteiger partial charge on any atom is -0.368 e. The lowest BCUT2D eigenvalue weighted by molar-refractivity contribution is 0.112. The minimum atomic E-state index is 0.681. The Labute approximate surface area is 126 Å². The van der Waals surface area contributed by atoms with E-state index in [9.17, 15) is 4.79 Å². The molecular weight excluding hydrogens is 294 g/mol. The molecule has 0 bridgehead atoms. The fraction of sp³-hybridized carbons (Fsp3) is 0.286. The van der Waals surface area contributed by atoms with Crippen LogP contribution in [0.3, 0.4) is 0 Å². The molecule has 3 rings (SSSR count). The van der Waals surface area contributed by atoms with Crippen LogP contribution in [-0.2, 0) is 0 Å². The van der Waals surface area contributed by atoms with Crippen molar-refractivity contribution in [3.05, 3.63) is 40.4 Å². The van der Waals surface area contributed by atoms with Crippen molar-refractivity contribution in [2.45, 2.75) is 0 Å². The van der Waals surface area contributed by atoms with E-state index in [0.717, 1.165) is 42.6 Å². The summed E-state index contributed by atoms with van der Waals surface area (Å²) in [7, 11) is 0. The normalized spacial score (nSPS) is 15.4. The topological polar surface area (TPSA) is 36.4 Å². The smallest absolute Gasteiger partial charge is 0.186 e. The summed E-state index contributed by atoms with van der Waals surface area (Å²) in [5.41, 5.74) is 1.20. The molecule has 0 aliphatic carbocycles. The predicted molar refractivity (Wildman–Crippen MR) is 83.4 cm³/mol. The number of anilines is 2. The van der Waals surface area contributed by atoms with Gasteiger partial charge in [0.1, 0.15) is 0 Å². The van der Waals surface area contributed by atoms with Gasteiger partial charge < -0.3 is 9.80 Å². The van der Waals surface area contributed by atoms with Crippen molar-refractivity contribution in [2.75, 3.05) is 36.0 Å². The summed E-state index contributed by atoms with van der Waals surface area (Å²) in [6.07, 6.45) is 2.49. The second-order valence-electron chi connectivity index (χ2n) is 4.61. The zero-order valence-electron chi connectivity index (χ0n) is 10.8. The maximum Gasteiger partial charge on any atom is 0.186 e. The Morgan fingerprint density at radius 3 is 2.35 bits per heavy atom. The van der Waals surface area contributed by atoms with Gasteiger partial charge >= 0.3 is 0 Å². The quantitative estimate of drug-likeness (QED) is 0.817. The number of benzene rings is 1. The highest BCUT2D eigenvalue weighted by atomic mass is 35.5. The van der Waals surface area contributed by atoms with Gasteiger partial charge in [-0.2, -0.15) is 0 Å². The number of piperazine rings is 1. The third kappa shape index (κ3) is 2.78. The fourth-order valence-corrected chi connectivity index (χ4v) is 3.19. The number of hydrogen-bond acceptors (Lipinski definition) is 5. The highest BCUT2D eigenvalue weighted by Crippen LogP contribution is 2.24. The zero-order valence-corrected chi connectivity index (χ0v) is 12.4. The van der Waals surface area contributed by atoms with E-state index in [1.165, 1.54) is 17.0 Å². The van der Waals surface area contributed by atoms with E-state index >= 15 is 0 Å². The molecule has 1 aliphatic heterocycles. The fourth-order valence-electron chi connectivity index (χ4n) is 2.29. The standard InChI is InChI=1S/C14H14ClN3OS/c15-11-1-3-12(4-2-11)17-5-7-18(8-6-17)14-16-9-13(10-19)20-14/h1-4,9-10H,5-8H2. The van der Waals surface area contributed by atoms with Gasteiger partial charge in [-0.3, -0.25) is 4.79 Å². The largest absolute Gasteiger partial charge is 0.368 e. The van der Waals surface area contributed by atoms with Crippen LogP contribution in [-0.4, -0.2) is 37.4 Å². The first-order valence-electron chi connectivity index (χ1n) is 6.43. The molecule has 2 aromatic rings. The van der Waals surface area contributed by atoms with E-state index < -0.39 is 0 Å². The van der Waals surface area contributed by atoms with Gasteiger partial charge in [-0.1, -0.05) is 22.9 Å². The second kappa shape index (κ2) is 5.81. The van der Waals surface area contributed by atoms with Crippen LogP contribution < -0.4 is 9.80 Å². The van der Waals surface area contributed by atoms with Gasteiger partial charge in [0.15, 0.2) is 11.4 Å². The van der Waals surface area contributed by atoms with Gasteiger partial charge in [0, 0.05) is 36.9 Å². The third-order valence-corrected chi connectivity index (χ3v) is 4.60. The molecule has 0 spiro atoms. The Bertz CT molecular complexity index is 591. The lowest BCUT2D eigenvalue weighted by Crippen LogP contribution is -2.46. The van der Waals surface area contributed by atoms with Gasteiger partial charge in [-0.25, -0.2) is 4.98 Å². The van der Waals surface area contributed by atoms with Crippen molar-refractivity contribution >= 4 is 40.0 Å². The predicted octanol–water partition coefficient (Wildman–Crippen LogP) is 2.94. The molecule has 1 aliphatic rings. The first-order valence-corrected chi connectivity index (χ1v) is 7.62. The summed E-state index contributed by atoms with van der Waals surface area (Å²) in [6, 6.07) is 7.93. The van der Waals surface area contributed by atoms with Crippen molar-refractivity contribution in [3.63, 3.8) is 0 Å². The van der Waals surface area contributed by atoms with E-state index in [1.807, 2.05) is 24.3 Å². The third-order valence-electron chi connectivity index (χ3n) is 3.37. The Hall–Kier alpha value is -1.59. The summed E-state index contributed by atoms with van der Waals surface area (Å²) >= 11 is 7.36. The van der Waals surface area contributed by atoms with E-state index in [-0.39, 0.29) is 0 Å². The number of carbonyl (C=O) groups excluding carboxylic acids is 1. The van der Waals surface area contributed by atoms with Crippen LogP contribution in [0.15, 0.2) is 30.5 Å². The first kappa shape index (κ1) is 13.4. The lowest BCUT2D eigenvalue weighted by atomic mass is 10.2. The van der Waals surface area contributed by atoms with Crippen molar-refractivity contribution in [1.29, 1.82) is 0 Å². The molecule has 1 aromatic carbocycles. The Kier molecular flexibility index (Phi) is 3.89. The number of rotatable bonds is 3. The van der Waals surface area contributed by atoms with Crippen LogP contribution in [0.5, 0.6) is 0 Å². The number of aldehydes is 1. The van der Waals surface area contributed by atoms with Gasteiger partial charge in [0.2, 0.25) is 0 Å². The number of carbonyl (C=O) groups is 1. The van der Waals surface area contributed by atoms with Gasteiger partial charge in [0.05, 0.1) is 11.1 Å². The van der Waals surface area contributed by atoms with Crippen LogP contribution in [0, 0.1) is 0 Å². The van der Waals surface area contributed by atoms with Crippen LogP contribution >= 0.6 is 22.9 Å². The van der Waals surface area contributed by atoms with Gasteiger partial charge in [-0.15, -0.1) is 0 Å². The molecule has 0 atom stereocenters. The molecule has 6 heteroatoms. The molecule has 104 valence electrons.